The molecule has 0 bridgehead atoms. The van der Waals surface area contributed by atoms with Crippen LogP contribution in [0.2, 0.25) is 0 Å². The quantitative estimate of drug-likeness (QED) is 0.709. The molecule has 0 radical (unpaired) electrons. The van der Waals surface area contributed by atoms with E-state index in [1.54, 1.807) is 31.2 Å². The van der Waals surface area contributed by atoms with Crippen LogP contribution in [0.1, 0.15) is 33.6 Å². The second kappa shape index (κ2) is 8.87. The maximum absolute atomic E-state index is 12.5. The van der Waals surface area contributed by atoms with Crippen LogP contribution in [0.3, 0.4) is 0 Å². The van der Waals surface area contributed by atoms with Crippen LogP contribution in [-0.2, 0) is 4.79 Å². The molecule has 0 heterocycles. The highest BCUT2D eigenvalue weighted by Crippen LogP contribution is 2.31. The molecule has 0 aromatic heterocycles. The average Bonchev–Trinajstić information content (AvgIpc) is 2.45. The van der Waals surface area contributed by atoms with Crippen molar-refractivity contribution < 1.29 is 13.6 Å². The molecule has 1 unspecified atom stereocenters. The van der Waals surface area contributed by atoms with E-state index in [1.165, 1.54) is 0 Å². The number of rotatable bonds is 8. The number of nitrogens with one attached hydrogen (secondary N) is 2. The van der Waals surface area contributed by atoms with E-state index in [-0.39, 0.29) is 11.9 Å². The van der Waals surface area contributed by atoms with Crippen LogP contribution in [0.4, 0.5) is 14.5 Å². The Labute approximate surface area is 128 Å². The summed E-state index contributed by atoms with van der Waals surface area (Å²) in [6.07, 6.45) is 1.74. The molecule has 1 rings (SSSR count). The number of hydrogen-bond donors (Lipinski definition) is 2. The lowest BCUT2D eigenvalue weighted by Crippen LogP contribution is -2.42. The molecule has 1 amide bonds. The summed E-state index contributed by atoms with van der Waals surface area (Å²) < 4.78 is 25.0. The minimum atomic E-state index is -2.48. The Morgan fingerprint density at radius 1 is 1.24 bits per heavy atom. The van der Waals surface area contributed by atoms with Gasteiger partial charge in [-0.25, -0.2) is 0 Å². The molecule has 1 aromatic rings. The van der Waals surface area contributed by atoms with Gasteiger partial charge in [-0.15, -0.1) is 0 Å². The Morgan fingerprint density at radius 2 is 1.86 bits per heavy atom. The average molecular weight is 316 g/mol. The number of alkyl halides is 2. The van der Waals surface area contributed by atoms with Gasteiger partial charge in [0, 0.05) is 16.6 Å². The molecular weight excluding hydrogens is 294 g/mol. The van der Waals surface area contributed by atoms with Crippen molar-refractivity contribution in [2.24, 2.45) is 0 Å². The summed E-state index contributed by atoms with van der Waals surface area (Å²) in [6, 6.07) is 6.43. The zero-order valence-electron chi connectivity index (χ0n) is 12.5. The lowest BCUT2D eigenvalue weighted by molar-refractivity contribution is -0.122. The van der Waals surface area contributed by atoms with Crippen LogP contribution in [0.15, 0.2) is 29.2 Å². The SMILES string of the molecule is CCC(CC)NC(=O)C(C)Nc1ccccc1SC(F)F. The second-order valence-corrected chi connectivity index (χ2v) is 5.79. The summed E-state index contributed by atoms with van der Waals surface area (Å²) in [4.78, 5) is 12.5. The third-order valence-electron chi connectivity index (χ3n) is 3.20. The summed E-state index contributed by atoms with van der Waals surface area (Å²) in [5.74, 6) is -2.61. The summed E-state index contributed by atoms with van der Waals surface area (Å²) in [6.45, 7) is 5.75. The van der Waals surface area contributed by atoms with Crippen LogP contribution in [0.25, 0.3) is 0 Å². The predicted molar refractivity (Wildman–Crippen MR) is 83.9 cm³/mol. The molecule has 0 spiro atoms. The van der Waals surface area contributed by atoms with Crippen molar-refractivity contribution in [3.05, 3.63) is 24.3 Å². The highest BCUT2D eigenvalue weighted by Gasteiger charge is 2.17. The Hall–Kier alpha value is -1.30. The van der Waals surface area contributed by atoms with E-state index >= 15 is 0 Å². The van der Waals surface area contributed by atoms with Crippen molar-refractivity contribution >= 4 is 23.4 Å². The van der Waals surface area contributed by atoms with Crippen molar-refractivity contribution in [2.45, 2.75) is 56.3 Å². The summed E-state index contributed by atoms with van der Waals surface area (Å²) in [7, 11) is 0. The number of benzene rings is 1. The monoisotopic (exact) mass is 316 g/mol. The van der Waals surface area contributed by atoms with E-state index in [0.29, 0.717) is 22.3 Å². The first-order valence-electron chi connectivity index (χ1n) is 7.08. The minimum Gasteiger partial charge on any atom is -0.373 e. The number of halogens is 2. The van der Waals surface area contributed by atoms with Gasteiger partial charge < -0.3 is 10.6 Å². The fourth-order valence-electron chi connectivity index (χ4n) is 1.90. The van der Waals surface area contributed by atoms with Gasteiger partial charge in [-0.1, -0.05) is 37.7 Å². The van der Waals surface area contributed by atoms with Crippen LogP contribution in [0.5, 0.6) is 0 Å². The van der Waals surface area contributed by atoms with Gasteiger partial charge in [0.15, 0.2) is 0 Å². The molecule has 0 aliphatic carbocycles. The van der Waals surface area contributed by atoms with Gasteiger partial charge in [-0.05, 0) is 31.9 Å². The Bertz CT molecular complexity index is 453. The predicted octanol–water partition coefficient (Wildman–Crippen LogP) is 4.11. The molecule has 118 valence electrons. The van der Waals surface area contributed by atoms with Crippen molar-refractivity contribution in [1.29, 1.82) is 0 Å². The second-order valence-electron chi connectivity index (χ2n) is 4.76. The van der Waals surface area contributed by atoms with Crippen LogP contribution in [0, 0.1) is 0 Å². The fourth-order valence-corrected chi connectivity index (χ4v) is 2.51. The Morgan fingerprint density at radius 3 is 2.43 bits per heavy atom. The van der Waals surface area contributed by atoms with Crippen molar-refractivity contribution in [2.75, 3.05) is 5.32 Å². The highest BCUT2D eigenvalue weighted by molar-refractivity contribution is 7.99. The zero-order valence-corrected chi connectivity index (χ0v) is 13.3. The highest BCUT2D eigenvalue weighted by atomic mass is 32.2. The van der Waals surface area contributed by atoms with E-state index < -0.39 is 11.8 Å². The number of anilines is 1. The molecule has 21 heavy (non-hydrogen) atoms. The molecule has 1 aromatic carbocycles. The number of para-hydroxylation sites is 1. The van der Waals surface area contributed by atoms with E-state index in [1.807, 2.05) is 13.8 Å². The molecule has 0 aliphatic rings. The van der Waals surface area contributed by atoms with Crippen LogP contribution < -0.4 is 10.6 Å². The standard InChI is InChI=1S/C15H22F2N2OS/c1-4-11(5-2)19-14(20)10(3)18-12-8-6-7-9-13(12)21-15(16)17/h6-11,15,18H,4-5H2,1-3H3,(H,19,20). The first-order valence-corrected chi connectivity index (χ1v) is 7.96. The van der Waals surface area contributed by atoms with Gasteiger partial charge >= 0.3 is 0 Å². The Balaban J connectivity index is 2.69. The maximum atomic E-state index is 12.5. The normalized spacial score (nSPS) is 12.5. The van der Waals surface area contributed by atoms with Gasteiger partial charge in [-0.3, -0.25) is 4.79 Å². The maximum Gasteiger partial charge on any atom is 0.288 e. The molecule has 0 saturated heterocycles. The fraction of sp³-hybridized carbons (Fsp3) is 0.533. The number of carbonyl (C=O) groups is 1. The third kappa shape index (κ3) is 5.91. The van der Waals surface area contributed by atoms with Crippen LogP contribution >= 0.6 is 11.8 Å². The van der Waals surface area contributed by atoms with Gasteiger partial charge in [-0.2, -0.15) is 8.78 Å². The topological polar surface area (TPSA) is 41.1 Å². The van der Waals surface area contributed by atoms with E-state index in [0.717, 1.165) is 12.8 Å². The first kappa shape index (κ1) is 17.8. The molecule has 6 heteroatoms. The number of amides is 1. The summed E-state index contributed by atoms with van der Waals surface area (Å²) in [5.41, 5.74) is 0.551. The zero-order chi connectivity index (χ0) is 15.8. The van der Waals surface area contributed by atoms with Crippen LogP contribution in [-0.4, -0.2) is 23.7 Å². The van der Waals surface area contributed by atoms with Crippen molar-refractivity contribution in [3.8, 4) is 0 Å². The molecule has 0 aliphatic heterocycles. The van der Waals surface area contributed by atoms with Gasteiger partial charge in [0.2, 0.25) is 5.91 Å². The lowest BCUT2D eigenvalue weighted by Gasteiger charge is -2.21. The van der Waals surface area contributed by atoms with E-state index in [9.17, 15) is 13.6 Å². The molecule has 0 saturated carbocycles. The first-order chi connectivity index (χ1) is 9.97. The summed E-state index contributed by atoms with van der Waals surface area (Å²) >= 11 is 0.474. The van der Waals surface area contributed by atoms with E-state index in [4.69, 9.17) is 0 Å². The van der Waals surface area contributed by atoms with Gasteiger partial charge in [0.25, 0.3) is 5.76 Å². The number of thioether (sulfide) groups is 1. The Kier molecular flexibility index (Phi) is 7.50. The van der Waals surface area contributed by atoms with Crippen molar-refractivity contribution in [1.82, 2.24) is 5.32 Å². The summed E-state index contributed by atoms with van der Waals surface area (Å²) in [5, 5.41) is 5.94. The number of carbonyl (C=O) groups excluding carboxylic acids is 1. The van der Waals surface area contributed by atoms with E-state index in [2.05, 4.69) is 10.6 Å². The smallest absolute Gasteiger partial charge is 0.288 e. The number of hydrogen-bond acceptors (Lipinski definition) is 3. The minimum absolute atomic E-state index is 0.124. The van der Waals surface area contributed by atoms with Gasteiger partial charge in [0.05, 0.1) is 0 Å². The molecule has 1 atom stereocenters. The third-order valence-corrected chi connectivity index (χ3v) is 3.99. The van der Waals surface area contributed by atoms with Crippen molar-refractivity contribution in [3.63, 3.8) is 0 Å². The molecular formula is C15H22F2N2OS. The van der Waals surface area contributed by atoms with Gasteiger partial charge in [0.1, 0.15) is 6.04 Å². The molecule has 0 fully saturated rings. The largest absolute Gasteiger partial charge is 0.373 e. The lowest BCUT2D eigenvalue weighted by atomic mass is 10.1. The molecule has 2 N–H and O–H groups in total. The molecule has 3 nitrogen and oxygen atoms in total.